The Kier molecular flexibility index (Phi) is 2.31. The van der Waals surface area contributed by atoms with Gasteiger partial charge in [-0.3, -0.25) is 0 Å². The Hall–Kier alpha value is -0.900. The molecule has 68 valence electrons. The zero-order valence-electron chi connectivity index (χ0n) is 6.76. The van der Waals surface area contributed by atoms with Crippen LogP contribution in [0.15, 0.2) is 27.7 Å². The van der Waals surface area contributed by atoms with Gasteiger partial charge in [-0.15, -0.1) is 0 Å². The number of nitrogens with zero attached hydrogens (tertiary/aromatic N) is 1. The summed E-state index contributed by atoms with van der Waals surface area (Å²) in [6.07, 6.45) is 0. The molecule has 13 heavy (non-hydrogen) atoms. The Labute approximate surface area is 83.6 Å². The first-order chi connectivity index (χ1) is 6.27. The van der Waals surface area contributed by atoms with Crippen LogP contribution >= 0.6 is 15.9 Å². The average Bonchev–Trinajstić information content (AvgIpc) is 2.56. The number of aliphatic imine (C=N–C) groups is 1. The fraction of sp³-hybridized carbons (Fsp3) is 0.222. The second-order valence-electron chi connectivity index (χ2n) is 2.66. The van der Waals surface area contributed by atoms with Gasteiger partial charge in [0.25, 0.3) is 0 Å². The molecule has 1 heterocycles. The van der Waals surface area contributed by atoms with Crippen molar-refractivity contribution in [3.63, 3.8) is 0 Å². The van der Waals surface area contributed by atoms with Crippen LogP contribution in [0.1, 0.15) is 5.56 Å². The summed E-state index contributed by atoms with van der Waals surface area (Å²) < 4.78 is 18.7. The van der Waals surface area contributed by atoms with Crippen molar-refractivity contribution in [3.8, 4) is 0 Å². The van der Waals surface area contributed by atoms with Gasteiger partial charge in [-0.25, -0.2) is 9.38 Å². The summed E-state index contributed by atoms with van der Waals surface area (Å²) in [7, 11) is 0. The van der Waals surface area contributed by atoms with E-state index >= 15 is 0 Å². The van der Waals surface area contributed by atoms with Gasteiger partial charge < -0.3 is 4.74 Å². The molecule has 2 nitrogen and oxygen atoms in total. The lowest BCUT2D eigenvalue weighted by Crippen LogP contribution is -2.02. The lowest BCUT2D eigenvalue weighted by atomic mass is 10.2. The number of rotatable bonds is 1. The van der Waals surface area contributed by atoms with Crippen LogP contribution in [0.4, 0.5) is 4.39 Å². The van der Waals surface area contributed by atoms with Crippen LogP contribution < -0.4 is 0 Å². The Balaban J connectivity index is 2.40. The minimum Gasteiger partial charge on any atom is -0.475 e. The Morgan fingerprint density at radius 1 is 1.46 bits per heavy atom. The summed E-state index contributed by atoms with van der Waals surface area (Å²) in [5.74, 6) is 0.320. The molecule has 0 amide bonds. The fourth-order valence-electron chi connectivity index (χ4n) is 1.16. The van der Waals surface area contributed by atoms with Crippen LogP contribution in [0.2, 0.25) is 0 Å². The third-order valence-corrected chi connectivity index (χ3v) is 2.40. The van der Waals surface area contributed by atoms with Gasteiger partial charge >= 0.3 is 0 Å². The van der Waals surface area contributed by atoms with Gasteiger partial charge in [-0.05, 0) is 34.1 Å². The molecule has 1 aromatic carbocycles. The number of hydrogen-bond donors (Lipinski definition) is 0. The zero-order chi connectivity index (χ0) is 9.26. The van der Waals surface area contributed by atoms with E-state index in [0.29, 0.717) is 23.5 Å². The first kappa shape index (κ1) is 8.69. The molecule has 0 radical (unpaired) electrons. The molecule has 0 bridgehead atoms. The highest BCUT2D eigenvalue weighted by molar-refractivity contribution is 9.10. The van der Waals surface area contributed by atoms with Crippen LogP contribution in [0.5, 0.6) is 0 Å². The highest BCUT2D eigenvalue weighted by atomic mass is 79.9. The van der Waals surface area contributed by atoms with E-state index in [2.05, 4.69) is 20.9 Å². The predicted molar refractivity (Wildman–Crippen MR) is 51.5 cm³/mol. The van der Waals surface area contributed by atoms with Crippen LogP contribution in [0.3, 0.4) is 0 Å². The zero-order valence-corrected chi connectivity index (χ0v) is 8.34. The third kappa shape index (κ3) is 1.72. The van der Waals surface area contributed by atoms with Gasteiger partial charge in [0.2, 0.25) is 5.90 Å². The van der Waals surface area contributed by atoms with Crippen molar-refractivity contribution in [2.75, 3.05) is 13.2 Å². The molecule has 0 aromatic heterocycles. The Morgan fingerprint density at radius 3 is 2.92 bits per heavy atom. The van der Waals surface area contributed by atoms with Crippen molar-refractivity contribution < 1.29 is 9.13 Å². The smallest absolute Gasteiger partial charge is 0.217 e. The van der Waals surface area contributed by atoms with Gasteiger partial charge in [0.1, 0.15) is 12.4 Å². The van der Waals surface area contributed by atoms with E-state index < -0.39 is 0 Å². The van der Waals surface area contributed by atoms with Crippen molar-refractivity contribution >= 4 is 21.8 Å². The van der Waals surface area contributed by atoms with Crippen molar-refractivity contribution in [3.05, 3.63) is 34.1 Å². The van der Waals surface area contributed by atoms with Gasteiger partial charge in [0.15, 0.2) is 0 Å². The second-order valence-corrected chi connectivity index (χ2v) is 3.51. The summed E-state index contributed by atoms with van der Waals surface area (Å²) >= 11 is 3.26. The molecule has 0 aliphatic carbocycles. The summed E-state index contributed by atoms with van der Waals surface area (Å²) in [4.78, 5) is 4.14. The van der Waals surface area contributed by atoms with Gasteiger partial charge in [-0.2, -0.15) is 0 Å². The molecule has 1 aliphatic rings. The monoisotopic (exact) mass is 243 g/mol. The molecular weight excluding hydrogens is 237 g/mol. The predicted octanol–water partition coefficient (Wildman–Crippen LogP) is 2.37. The number of halogens is 2. The van der Waals surface area contributed by atoms with E-state index in [1.165, 1.54) is 12.1 Å². The topological polar surface area (TPSA) is 21.6 Å². The lowest BCUT2D eigenvalue weighted by molar-refractivity contribution is 0.348. The molecule has 1 aliphatic heterocycles. The van der Waals surface area contributed by atoms with E-state index in [4.69, 9.17) is 4.74 Å². The minimum atomic E-state index is -0.269. The summed E-state index contributed by atoms with van der Waals surface area (Å²) in [5, 5.41) is 0. The summed E-state index contributed by atoms with van der Waals surface area (Å²) in [6.45, 7) is 1.29. The summed E-state index contributed by atoms with van der Waals surface area (Å²) in [5.41, 5.74) is 0.805. The van der Waals surface area contributed by atoms with Crippen LogP contribution in [-0.4, -0.2) is 19.0 Å². The normalized spacial score (nSPS) is 15.4. The van der Waals surface area contributed by atoms with Crippen LogP contribution in [-0.2, 0) is 4.74 Å². The number of hydrogen-bond acceptors (Lipinski definition) is 2. The molecule has 0 spiro atoms. The van der Waals surface area contributed by atoms with Crippen molar-refractivity contribution in [2.24, 2.45) is 4.99 Å². The van der Waals surface area contributed by atoms with Gasteiger partial charge in [0, 0.05) is 4.47 Å². The Bertz CT molecular complexity index is 365. The van der Waals surface area contributed by atoms with E-state index in [0.717, 1.165) is 5.56 Å². The first-order valence-corrected chi connectivity index (χ1v) is 4.69. The maximum atomic E-state index is 12.7. The van der Waals surface area contributed by atoms with E-state index in [-0.39, 0.29) is 5.82 Å². The molecule has 0 fully saturated rings. The van der Waals surface area contributed by atoms with Gasteiger partial charge in [-0.1, -0.05) is 0 Å². The molecular formula is C9H7BrFNO. The van der Waals surface area contributed by atoms with Crippen molar-refractivity contribution in [1.82, 2.24) is 0 Å². The SMILES string of the molecule is Fc1ccc(C2=NCCO2)c(Br)c1. The van der Waals surface area contributed by atoms with E-state index in [9.17, 15) is 4.39 Å². The molecule has 2 rings (SSSR count). The molecule has 1 aromatic rings. The van der Waals surface area contributed by atoms with Crippen LogP contribution in [0, 0.1) is 5.82 Å². The second kappa shape index (κ2) is 3.46. The minimum absolute atomic E-state index is 0.269. The largest absolute Gasteiger partial charge is 0.475 e. The standard InChI is InChI=1S/C9H7BrFNO/c10-8-5-6(11)1-2-7(8)9-12-3-4-13-9/h1-2,5H,3-4H2. The van der Waals surface area contributed by atoms with Crippen LogP contribution in [0.25, 0.3) is 0 Å². The maximum absolute atomic E-state index is 12.7. The molecule has 0 N–H and O–H groups in total. The summed E-state index contributed by atoms with van der Waals surface area (Å²) in [6, 6.07) is 4.45. The maximum Gasteiger partial charge on any atom is 0.217 e. The molecule has 0 atom stereocenters. The van der Waals surface area contributed by atoms with Crippen molar-refractivity contribution in [2.45, 2.75) is 0 Å². The molecule has 0 saturated heterocycles. The van der Waals surface area contributed by atoms with Gasteiger partial charge in [0.05, 0.1) is 12.1 Å². The molecule has 4 heteroatoms. The first-order valence-electron chi connectivity index (χ1n) is 3.90. The number of benzene rings is 1. The van der Waals surface area contributed by atoms with E-state index in [1.807, 2.05) is 0 Å². The molecule has 0 unspecified atom stereocenters. The lowest BCUT2D eigenvalue weighted by Gasteiger charge is -2.03. The van der Waals surface area contributed by atoms with E-state index in [1.54, 1.807) is 6.07 Å². The Morgan fingerprint density at radius 2 is 2.31 bits per heavy atom. The fourth-order valence-corrected chi connectivity index (χ4v) is 1.68. The quantitative estimate of drug-likeness (QED) is 0.743. The highest BCUT2D eigenvalue weighted by Crippen LogP contribution is 2.20. The highest BCUT2D eigenvalue weighted by Gasteiger charge is 2.13. The molecule has 0 saturated carbocycles. The third-order valence-electron chi connectivity index (χ3n) is 1.75. The van der Waals surface area contributed by atoms with Crippen molar-refractivity contribution in [1.29, 1.82) is 0 Å². The number of ether oxygens (including phenoxy) is 1. The average molecular weight is 244 g/mol.